The van der Waals surface area contributed by atoms with E-state index in [0.717, 1.165) is 0 Å². The molecule has 1 heterocycles. The summed E-state index contributed by atoms with van der Waals surface area (Å²) in [4.78, 5) is 11.6. The van der Waals surface area contributed by atoms with Crippen molar-refractivity contribution in [3.63, 3.8) is 0 Å². The van der Waals surface area contributed by atoms with Gasteiger partial charge >= 0.3 is 5.97 Å². The van der Waals surface area contributed by atoms with E-state index in [0.29, 0.717) is 25.8 Å². The first-order valence-electron chi connectivity index (χ1n) is 5.32. The summed E-state index contributed by atoms with van der Waals surface area (Å²) in [6.07, 6.45) is 0. The first-order valence-corrected chi connectivity index (χ1v) is 6.87. The van der Waals surface area contributed by atoms with E-state index in [1.807, 2.05) is 0 Å². The predicted molar refractivity (Wildman–Crippen MR) is 75.6 cm³/mol. The molecular weight excluding hydrogens is 357 g/mol. The van der Waals surface area contributed by atoms with E-state index in [2.05, 4.69) is 21.1 Å². The monoisotopic (exact) mass is 363 g/mol. The minimum Gasteiger partial charge on any atom is -0.461 e. The van der Waals surface area contributed by atoms with Crippen LogP contribution in [0.4, 0.5) is 0 Å². The molecular formula is C12H8BrCl2NO3. The Morgan fingerprint density at radius 3 is 2.79 bits per heavy atom. The maximum absolute atomic E-state index is 11.6. The molecule has 0 aliphatic rings. The smallest absolute Gasteiger partial charge is 0.361 e. The Morgan fingerprint density at radius 1 is 1.42 bits per heavy atom. The summed E-state index contributed by atoms with van der Waals surface area (Å²) in [5.41, 5.74) is 0.743. The standard InChI is InChI=1S/C12H8BrCl2NO3/c1-2-18-12(17)10-9(13)11(19-16-10)6-3-4-7(14)8(15)5-6/h3-5H,2H2,1H3. The fourth-order valence-corrected chi connectivity index (χ4v) is 2.26. The Labute approximate surface area is 127 Å². The number of halogens is 3. The highest BCUT2D eigenvalue weighted by molar-refractivity contribution is 9.10. The number of aromatic nitrogens is 1. The van der Waals surface area contributed by atoms with Gasteiger partial charge < -0.3 is 9.26 Å². The van der Waals surface area contributed by atoms with Crippen molar-refractivity contribution in [3.05, 3.63) is 38.4 Å². The number of esters is 1. The lowest BCUT2D eigenvalue weighted by Crippen LogP contribution is -2.05. The lowest BCUT2D eigenvalue weighted by molar-refractivity contribution is 0.0513. The first kappa shape index (κ1) is 14.4. The second kappa shape index (κ2) is 5.94. The van der Waals surface area contributed by atoms with Gasteiger partial charge in [0.05, 0.1) is 16.7 Å². The number of benzene rings is 1. The summed E-state index contributed by atoms with van der Waals surface area (Å²) in [7, 11) is 0. The third-order valence-electron chi connectivity index (χ3n) is 2.29. The van der Waals surface area contributed by atoms with Gasteiger partial charge in [-0.05, 0) is 41.1 Å². The number of carbonyl (C=O) groups is 1. The van der Waals surface area contributed by atoms with Gasteiger partial charge in [-0.1, -0.05) is 28.4 Å². The van der Waals surface area contributed by atoms with Crippen molar-refractivity contribution in [3.8, 4) is 11.3 Å². The van der Waals surface area contributed by atoms with Crippen LogP contribution in [0.2, 0.25) is 10.0 Å². The van der Waals surface area contributed by atoms with E-state index >= 15 is 0 Å². The zero-order chi connectivity index (χ0) is 14.0. The first-order chi connectivity index (χ1) is 9.04. The zero-order valence-electron chi connectivity index (χ0n) is 9.75. The molecule has 0 fully saturated rings. The third kappa shape index (κ3) is 2.94. The molecule has 0 bridgehead atoms. The van der Waals surface area contributed by atoms with Crippen LogP contribution in [0.1, 0.15) is 17.4 Å². The van der Waals surface area contributed by atoms with Crippen LogP contribution >= 0.6 is 39.1 Å². The highest BCUT2D eigenvalue weighted by Gasteiger charge is 2.22. The fraction of sp³-hybridized carbons (Fsp3) is 0.167. The van der Waals surface area contributed by atoms with E-state index in [4.69, 9.17) is 32.5 Å². The van der Waals surface area contributed by atoms with Crippen LogP contribution in [-0.2, 0) is 4.74 Å². The van der Waals surface area contributed by atoms with Crippen molar-refractivity contribution in [1.29, 1.82) is 0 Å². The Balaban J connectivity index is 2.41. The molecule has 0 unspecified atom stereocenters. The van der Waals surface area contributed by atoms with Crippen molar-refractivity contribution >= 4 is 45.1 Å². The maximum atomic E-state index is 11.6. The van der Waals surface area contributed by atoms with Crippen LogP contribution in [0.25, 0.3) is 11.3 Å². The molecule has 0 spiro atoms. The van der Waals surface area contributed by atoms with Crippen molar-refractivity contribution < 1.29 is 14.1 Å². The number of carbonyl (C=O) groups excluding carboxylic acids is 1. The molecule has 1 aromatic heterocycles. The van der Waals surface area contributed by atoms with Gasteiger partial charge in [0.2, 0.25) is 5.69 Å². The van der Waals surface area contributed by atoms with Crippen LogP contribution in [0.3, 0.4) is 0 Å². The van der Waals surface area contributed by atoms with Gasteiger partial charge in [-0.15, -0.1) is 0 Å². The Kier molecular flexibility index (Phi) is 4.50. The average Bonchev–Trinajstić information content (AvgIpc) is 2.75. The molecule has 100 valence electrons. The Morgan fingerprint density at radius 2 is 2.16 bits per heavy atom. The summed E-state index contributed by atoms with van der Waals surface area (Å²) < 4.78 is 10.4. The van der Waals surface area contributed by atoms with Crippen LogP contribution < -0.4 is 0 Å². The van der Waals surface area contributed by atoms with Crippen LogP contribution in [-0.4, -0.2) is 17.7 Å². The molecule has 1 aromatic carbocycles. The molecule has 7 heteroatoms. The van der Waals surface area contributed by atoms with Crippen molar-refractivity contribution in [2.24, 2.45) is 0 Å². The molecule has 0 saturated carbocycles. The molecule has 4 nitrogen and oxygen atoms in total. The molecule has 0 saturated heterocycles. The number of hydrogen-bond acceptors (Lipinski definition) is 4. The van der Waals surface area contributed by atoms with Crippen molar-refractivity contribution in [2.75, 3.05) is 6.61 Å². The zero-order valence-corrected chi connectivity index (χ0v) is 12.8. The molecule has 0 N–H and O–H groups in total. The third-order valence-corrected chi connectivity index (χ3v) is 3.76. The molecule has 0 aliphatic carbocycles. The van der Waals surface area contributed by atoms with E-state index < -0.39 is 5.97 Å². The summed E-state index contributed by atoms with van der Waals surface area (Å²) in [6, 6.07) is 4.98. The quantitative estimate of drug-likeness (QED) is 0.747. The Hall–Kier alpha value is -1.04. The topological polar surface area (TPSA) is 52.3 Å². The highest BCUT2D eigenvalue weighted by Crippen LogP contribution is 2.34. The largest absolute Gasteiger partial charge is 0.461 e. The molecule has 0 amide bonds. The normalized spacial score (nSPS) is 10.5. The van der Waals surface area contributed by atoms with Gasteiger partial charge in [0.25, 0.3) is 0 Å². The Bertz CT molecular complexity index is 627. The van der Waals surface area contributed by atoms with E-state index in [-0.39, 0.29) is 12.3 Å². The van der Waals surface area contributed by atoms with E-state index in [1.54, 1.807) is 25.1 Å². The predicted octanol–water partition coefficient (Wildman–Crippen LogP) is 4.59. The summed E-state index contributed by atoms with van der Waals surface area (Å²) in [5.74, 6) is -0.161. The van der Waals surface area contributed by atoms with Crippen molar-refractivity contribution in [2.45, 2.75) is 6.92 Å². The van der Waals surface area contributed by atoms with Gasteiger partial charge in [0.1, 0.15) is 4.47 Å². The number of nitrogens with zero attached hydrogens (tertiary/aromatic N) is 1. The van der Waals surface area contributed by atoms with Crippen LogP contribution in [0.15, 0.2) is 27.2 Å². The lowest BCUT2D eigenvalue weighted by atomic mass is 10.1. The summed E-state index contributed by atoms with van der Waals surface area (Å²) in [5, 5.41) is 4.52. The van der Waals surface area contributed by atoms with Gasteiger partial charge in [0.15, 0.2) is 5.76 Å². The summed E-state index contributed by atoms with van der Waals surface area (Å²) >= 11 is 15.0. The minimum absolute atomic E-state index is 0.0860. The molecule has 2 rings (SSSR count). The lowest BCUT2D eigenvalue weighted by Gasteiger charge is -2.00. The maximum Gasteiger partial charge on any atom is 0.361 e. The average molecular weight is 365 g/mol. The van der Waals surface area contributed by atoms with Gasteiger partial charge in [-0.3, -0.25) is 0 Å². The molecule has 0 atom stereocenters. The van der Waals surface area contributed by atoms with Crippen LogP contribution in [0, 0.1) is 0 Å². The number of rotatable bonds is 3. The molecule has 2 aromatic rings. The molecule has 19 heavy (non-hydrogen) atoms. The SMILES string of the molecule is CCOC(=O)c1noc(-c2ccc(Cl)c(Cl)c2)c1Br. The van der Waals surface area contributed by atoms with Crippen LogP contribution in [0.5, 0.6) is 0 Å². The minimum atomic E-state index is -0.551. The summed E-state index contributed by atoms with van der Waals surface area (Å²) in [6.45, 7) is 1.98. The molecule has 0 aliphatic heterocycles. The van der Waals surface area contributed by atoms with Gasteiger partial charge in [-0.25, -0.2) is 4.79 Å². The second-order valence-corrected chi connectivity index (χ2v) is 5.13. The number of hydrogen-bond donors (Lipinski definition) is 0. The molecule has 0 radical (unpaired) electrons. The van der Waals surface area contributed by atoms with E-state index in [1.165, 1.54) is 0 Å². The van der Waals surface area contributed by atoms with Gasteiger partial charge in [-0.2, -0.15) is 0 Å². The van der Waals surface area contributed by atoms with E-state index in [9.17, 15) is 4.79 Å². The highest BCUT2D eigenvalue weighted by atomic mass is 79.9. The van der Waals surface area contributed by atoms with Crippen molar-refractivity contribution in [1.82, 2.24) is 5.16 Å². The van der Waals surface area contributed by atoms with Gasteiger partial charge in [0, 0.05) is 5.56 Å². The number of ether oxygens (including phenoxy) is 1. The fourth-order valence-electron chi connectivity index (χ4n) is 1.42. The second-order valence-electron chi connectivity index (χ2n) is 3.52.